The number of unbranched alkanes of at least 4 members (excludes halogenated alkanes) is 1. The molecule has 0 fully saturated rings. The van der Waals surface area contributed by atoms with Crippen molar-refractivity contribution in [3.05, 3.63) is 36.0 Å². The summed E-state index contributed by atoms with van der Waals surface area (Å²) in [7, 11) is 2.08. The lowest BCUT2D eigenvalue weighted by molar-refractivity contribution is -0.117. The van der Waals surface area contributed by atoms with E-state index in [0.717, 1.165) is 19.3 Å². The van der Waals surface area contributed by atoms with Crippen LogP contribution in [0.4, 0.5) is 0 Å². The molecule has 0 saturated carbocycles. The van der Waals surface area contributed by atoms with Gasteiger partial charge in [-0.05, 0) is 37.8 Å². The second-order valence-corrected chi connectivity index (χ2v) is 4.69. The summed E-state index contributed by atoms with van der Waals surface area (Å²) in [5, 5.41) is 1.35. The van der Waals surface area contributed by atoms with Gasteiger partial charge in [-0.25, -0.2) is 0 Å². The number of benzene rings is 1. The Kier molecular flexibility index (Phi) is 3.62. The predicted molar refractivity (Wildman–Crippen MR) is 71.2 cm³/mol. The Hall–Kier alpha value is -1.57. The quantitative estimate of drug-likeness (QED) is 0.719. The first-order valence-electron chi connectivity index (χ1n) is 6.21. The van der Waals surface area contributed by atoms with Crippen molar-refractivity contribution >= 4 is 16.7 Å². The van der Waals surface area contributed by atoms with Crippen LogP contribution in [0, 0.1) is 0 Å². The Morgan fingerprint density at radius 1 is 1.24 bits per heavy atom. The summed E-state index contributed by atoms with van der Waals surface area (Å²) in [4.78, 5) is 10.9. The zero-order valence-corrected chi connectivity index (χ0v) is 10.6. The maximum absolute atomic E-state index is 10.9. The van der Waals surface area contributed by atoms with Crippen LogP contribution < -0.4 is 0 Å². The standard InChI is InChI=1S/C15H19NO/c1-12(17)7-3-4-8-13-11-16(2)15-10-6-5-9-14(13)15/h5-6,9-11H,3-4,7-8H2,1-2H3. The number of aromatic nitrogens is 1. The number of Topliss-reactive ketones (excluding diaryl/α,β-unsaturated/α-hetero) is 1. The van der Waals surface area contributed by atoms with Gasteiger partial charge in [0, 0.05) is 30.6 Å². The van der Waals surface area contributed by atoms with Gasteiger partial charge < -0.3 is 9.36 Å². The van der Waals surface area contributed by atoms with Crippen LogP contribution in [0.5, 0.6) is 0 Å². The summed E-state index contributed by atoms with van der Waals surface area (Å²) in [6, 6.07) is 8.48. The van der Waals surface area contributed by atoms with Crippen LogP contribution in [-0.4, -0.2) is 10.4 Å². The van der Waals surface area contributed by atoms with E-state index in [1.54, 1.807) is 6.92 Å². The molecular weight excluding hydrogens is 210 g/mol. The highest BCUT2D eigenvalue weighted by Gasteiger charge is 2.05. The first kappa shape index (κ1) is 11.9. The van der Waals surface area contributed by atoms with Crippen LogP contribution in [0.1, 0.15) is 31.7 Å². The minimum absolute atomic E-state index is 0.294. The van der Waals surface area contributed by atoms with Crippen molar-refractivity contribution < 1.29 is 4.79 Å². The van der Waals surface area contributed by atoms with Gasteiger partial charge >= 0.3 is 0 Å². The molecule has 17 heavy (non-hydrogen) atoms. The first-order valence-corrected chi connectivity index (χ1v) is 6.21. The molecule has 0 atom stereocenters. The molecule has 0 bridgehead atoms. The lowest BCUT2D eigenvalue weighted by Gasteiger charge is -1.98. The summed E-state index contributed by atoms with van der Waals surface area (Å²) in [6.07, 6.45) is 6.07. The third kappa shape index (κ3) is 2.76. The van der Waals surface area contributed by atoms with Gasteiger partial charge in [0.05, 0.1) is 0 Å². The van der Waals surface area contributed by atoms with Gasteiger partial charge in [-0.2, -0.15) is 0 Å². The Bertz CT molecular complexity index is 525. The van der Waals surface area contributed by atoms with Crippen molar-refractivity contribution in [2.75, 3.05) is 0 Å². The summed E-state index contributed by atoms with van der Waals surface area (Å²) < 4.78 is 2.18. The van der Waals surface area contributed by atoms with Crippen molar-refractivity contribution in [3.63, 3.8) is 0 Å². The van der Waals surface area contributed by atoms with Crippen molar-refractivity contribution in [1.29, 1.82) is 0 Å². The van der Waals surface area contributed by atoms with Gasteiger partial charge in [0.1, 0.15) is 5.78 Å². The molecule has 90 valence electrons. The number of hydrogen-bond donors (Lipinski definition) is 0. The predicted octanol–water partition coefficient (Wildman–Crippen LogP) is 3.48. The van der Waals surface area contributed by atoms with E-state index in [0.29, 0.717) is 12.2 Å². The second kappa shape index (κ2) is 5.17. The average Bonchev–Trinajstić information content (AvgIpc) is 2.63. The van der Waals surface area contributed by atoms with Gasteiger partial charge in [0.15, 0.2) is 0 Å². The number of aryl methyl sites for hydroxylation is 2. The number of ketones is 1. The van der Waals surface area contributed by atoms with E-state index in [1.807, 2.05) is 0 Å². The van der Waals surface area contributed by atoms with E-state index in [9.17, 15) is 4.79 Å². The first-order chi connectivity index (χ1) is 8.18. The van der Waals surface area contributed by atoms with Gasteiger partial charge in [-0.1, -0.05) is 18.2 Å². The molecule has 1 aromatic heterocycles. The third-order valence-electron chi connectivity index (χ3n) is 3.20. The molecule has 0 saturated heterocycles. The Morgan fingerprint density at radius 2 is 2.00 bits per heavy atom. The molecule has 2 rings (SSSR count). The van der Waals surface area contributed by atoms with Crippen LogP contribution in [0.3, 0.4) is 0 Å². The number of nitrogens with zero attached hydrogens (tertiary/aromatic N) is 1. The fourth-order valence-corrected chi connectivity index (χ4v) is 2.31. The van der Waals surface area contributed by atoms with Gasteiger partial charge in [-0.15, -0.1) is 0 Å². The molecule has 2 aromatic rings. The zero-order valence-electron chi connectivity index (χ0n) is 10.6. The minimum atomic E-state index is 0.294. The van der Waals surface area contributed by atoms with Gasteiger partial charge in [0.2, 0.25) is 0 Å². The molecule has 1 aromatic carbocycles. The molecule has 1 heterocycles. The summed E-state index contributed by atoms with van der Waals surface area (Å²) in [6.45, 7) is 1.66. The van der Waals surface area contributed by atoms with Crippen molar-refractivity contribution in [2.24, 2.45) is 7.05 Å². The average molecular weight is 229 g/mol. The Morgan fingerprint density at radius 3 is 2.76 bits per heavy atom. The number of carbonyl (C=O) groups excluding carboxylic acids is 1. The van der Waals surface area contributed by atoms with Crippen molar-refractivity contribution in [2.45, 2.75) is 32.6 Å². The fraction of sp³-hybridized carbons (Fsp3) is 0.400. The zero-order chi connectivity index (χ0) is 12.3. The number of para-hydroxylation sites is 1. The lowest BCUT2D eigenvalue weighted by Crippen LogP contribution is -1.91. The largest absolute Gasteiger partial charge is 0.350 e. The van der Waals surface area contributed by atoms with Crippen LogP contribution in [-0.2, 0) is 18.3 Å². The maximum Gasteiger partial charge on any atom is 0.129 e. The summed E-state index contributed by atoms with van der Waals surface area (Å²) >= 11 is 0. The molecule has 0 aliphatic heterocycles. The van der Waals surface area contributed by atoms with Gasteiger partial charge in [0.25, 0.3) is 0 Å². The van der Waals surface area contributed by atoms with E-state index >= 15 is 0 Å². The monoisotopic (exact) mass is 229 g/mol. The second-order valence-electron chi connectivity index (χ2n) is 4.69. The lowest BCUT2D eigenvalue weighted by atomic mass is 10.1. The van der Waals surface area contributed by atoms with Crippen LogP contribution in [0.2, 0.25) is 0 Å². The molecule has 0 spiro atoms. The maximum atomic E-state index is 10.9. The molecule has 0 amide bonds. The van der Waals surface area contributed by atoms with Crippen LogP contribution >= 0.6 is 0 Å². The smallest absolute Gasteiger partial charge is 0.129 e. The Labute approximate surface area is 102 Å². The van der Waals surface area contributed by atoms with E-state index in [2.05, 4.69) is 42.1 Å². The molecular formula is C15H19NO. The molecule has 0 unspecified atom stereocenters. The topological polar surface area (TPSA) is 22.0 Å². The van der Waals surface area contributed by atoms with E-state index in [1.165, 1.54) is 16.5 Å². The minimum Gasteiger partial charge on any atom is -0.350 e. The van der Waals surface area contributed by atoms with Crippen molar-refractivity contribution in [1.82, 2.24) is 4.57 Å². The highest BCUT2D eigenvalue weighted by molar-refractivity contribution is 5.83. The van der Waals surface area contributed by atoms with E-state index in [4.69, 9.17) is 0 Å². The number of rotatable bonds is 5. The molecule has 2 nitrogen and oxygen atoms in total. The highest BCUT2D eigenvalue weighted by atomic mass is 16.1. The third-order valence-corrected chi connectivity index (χ3v) is 3.20. The van der Waals surface area contributed by atoms with E-state index in [-0.39, 0.29) is 0 Å². The van der Waals surface area contributed by atoms with E-state index < -0.39 is 0 Å². The molecule has 2 heteroatoms. The summed E-state index contributed by atoms with van der Waals surface area (Å²) in [5.41, 5.74) is 2.68. The Balaban J connectivity index is 2.06. The van der Waals surface area contributed by atoms with Crippen molar-refractivity contribution in [3.8, 4) is 0 Å². The SMILES string of the molecule is CC(=O)CCCCc1cn(C)c2ccccc12. The number of carbonyl (C=O) groups is 1. The number of fused-ring (bicyclic) bond motifs is 1. The van der Waals surface area contributed by atoms with Gasteiger partial charge in [-0.3, -0.25) is 0 Å². The normalized spacial score (nSPS) is 10.9. The number of hydrogen-bond acceptors (Lipinski definition) is 1. The molecule has 0 radical (unpaired) electrons. The molecule has 0 aliphatic rings. The van der Waals surface area contributed by atoms with Crippen LogP contribution in [0.15, 0.2) is 30.5 Å². The van der Waals surface area contributed by atoms with Crippen LogP contribution in [0.25, 0.3) is 10.9 Å². The highest BCUT2D eigenvalue weighted by Crippen LogP contribution is 2.21. The molecule has 0 aliphatic carbocycles. The fourth-order valence-electron chi connectivity index (χ4n) is 2.31. The molecule has 0 N–H and O–H groups in total. The summed E-state index contributed by atoms with van der Waals surface area (Å²) in [5.74, 6) is 0.294.